The van der Waals surface area contributed by atoms with Gasteiger partial charge in [-0.05, 0) is 24.3 Å². The molecule has 1 N–H and O–H groups in total. The number of rotatable bonds is 5. The van der Waals surface area contributed by atoms with Crippen molar-refractivity contribution in [3.05, 3.63) is 51.2 Å². The van der Waals surface area contributed by atoms with Gasteiger partial charge in [-0.1, -0.05) is 27.5 Å². The van der Waals surface area contributed by atoms with E-state index in [0.29, 0.717) is 16.7 Å². The Kier molecular flexibility index (Phi) is 5.97. The van der Waals surface area contributed by atoms with E-state index in [1.807, 2.05) is 0 Å². The molecule has 0 unspecified atom stereocenters. The standard InChI is InChI=1S/C14H11BrClF3N2O3S/c1-24-12-3-2-9(15)5-13(12)25(22,23)21-7-11-10(16)4-8(6-20-11)14(17,18)19/h2-6,21H,7H2,1H3. The van der Waals surface area contributed by atoms with Crippen LogP contribution in [0.15, 0.2) is 39.8 Å². The largest absolute Gasteiger partial charge is 0.495 e. The molecule has 136 valence electrons. The molecule has 0 radical (unpaired) electrons. The lowest BCUT2D eigenvalue weighted by atomic mass is 10.2. The van der Waals surface area contributed by atoms with Crippen molar-refractivity contribution < 1.29 is 26.3 Å². The highest BCUT2D eigenvalue weighted by Crippen LogP contribution is 2.31. The summed E-state index contributed by atoms with van der Waals surface area (Å²) in [4.78, 5) is 3.45. The molecule has 1 aromatic heterocycles. The van der Waals surface area contributed by atoms with E-state index in [2.05, 4.69) is 25.6 Å². The number of sulfonamides is 1. The Morgan fingerprint density at radius 3 is 2.56 bits per heavy atom. The average molecular weight is 460 g/mol. The van der Waals surface area contributed by atoms with E-state index in [0.717, 1.165) is 0 Å². The zero-order valence-corrected chi connectivity index (χ0v) is 15.7. The summed E-state index contributed by atoms with van der Waals surface area (Å²) in [5.41, 5.74) is -1.05. The number of benzene rings is 1. The van der Waals surface area contributed by atoms with Crippen LogP contribution in [0.2, 0.25) is 5.02 Å². The molecule has 11 heteroatoms. The number of nitrogens with zero attached hydrogens (tertiary/aromatic N) is 1. The fraction of sp³-hybridized carbons (Fsp3) is 0.214. The maximum Gasteiger partial charge on any atom is 0.417 e. The summed E-state index contributed by atoms with van der Waals surface area (Å²) in [6, 6.07) is 5.09. The van der Waals surface area contributed by atoms with Crippen molar-refractivity contribution in [3.63, 3.8) is 0 Å². The first-order valence-corrected chi connectivity index (χ1v) is 9.25. The van der Waals surface area contributed by atoms with Gasteiger partial charge in [-0.15, -0.1) is 0 Å². The molecular formula is C14H11BrClF3N2O3S. The second-order valence-corrected chi connectivity index (χ2v) is 7.83. The van der Waals surface area contributed by atoms with Crippen LogP contribution in [-0.4, -0.2) is 20.5 Å². The smallest absolute Gasteiger partial charge is 0.417 e. The van der Waals surface area contributed by atoms with E-state index in [-0.39, 0.29) is 27.9 Å². The number of alkyl halides is 3. The van der Waals surface area contributed by atoms with E-state index in [9.17, 15) is 21.6 Å². The first-order valence-electron chi connectivity index (χ1n) is 6.59. The van der Waals surface area contributed by atoms with Crippen molar-refractivity contribution in [1.29, 1.82) is 0 Å². The van der Waals surface area contributed by atoms with E-state index < -0.39 is 21.8 Å². The van der Waals surface area contributed by atoms with Crippen LogP contribution in [0.4, 0.5) is 13.2 Å². The summed E-state index contributed by atoms with van der Waals surface area (Å²) in [7, 11) is -2.69. The minimum atomic E-state index is -4.58. The molecule has 0 bridgehead atoms. The van der Waals surface area contributed by atoms with Gasteiger partial charge in [0.1, 0.15) is 10.6 Å². The minimum Gasteiger partial charge on any atom is -0.495 e. The van der Waals surface area contributed by atoms with Gasteiger partial charge in [-0.3, -0.25) is 4.98 Å². The van der Waals surface area contributed by atoms with Crippen molar-refractivity contribution in [2.75, 3.05) is 7.11 Å². The summed E-state index contributed by atoms with van der Waals surface area (Å²) in [6.45, 7) is -0.380. The zero-order chi connectivity index (χ0) is 18.8. The number of hydrogen-bond donors (Lipinski definition) is 1. The average Bonchev–Trinajstić information content (AvgIpc) is 2.52. The van der Waals surface area contributed by atoms with Gasteiger partial charge in [0.2, 0.25) is 10.0 Å². The SMILES string of the molecule is COc1ccc(Br)cc1S(=O)(=O)NCc1ncc(C(F)(F)F)cc1Cl. The van der Waals surface area contributed by atoms with E-state index in [1.165, 1.54) is 19.2 Å². The Hall–Kier alpha value is -1.36. The Labute approximate surface area is 155 Å². The number of pyridine rings is 1. The highest BCUT2D eigenvalue weighted by Gasteiger charge is 2.31. The number of aromatic nitrogens is 1. The molecule has 0 aliphatic carbocycles. The summed E-state index contributed by atoms with van der Waals surface area (Å²) in [5.74, 6) is 0.113. The Morgan fingerprint density at radius 2 is 2.00 bits per heavy atom. The molecule has 0 amide bonds. The topological polar surface area (TPSA) is 68.3 Å². The third-order valence-electron chi connectivity index (χ3n) is 3.09. The highest BCUT2D eigenvalue weighted by molar-refractivity contribution is 9.10. The summed E-state index contributed by atoms with van der Waals surface area (Å²) < 4.78 is 70.3. The van der Waals surface area contributed by atoms with Crippen LogP contribution in [0, 0.1) is 0 Å². The molecule has 2 aromatic rings. The van der Waals surface area contributed by atoms with Gasteiger partial charge in [0.25, 0.3) is 0 Å². The van der Waals surface area contributed by atoms with Gasteiger partial charge in [-0.25, -0.2) is 13.1 Å². The minimum absolute atomic E-state index is 0.0350. The van der Waals surface area contributed by atoms with Gasteiger partial charge in [-0.2, -0.15) is 13.2 Å². The molecule has 0 spiro atoms. The highest BCUT2D eigenvalue weighted by atomic mass is 79.9. The summed E-state index contributed by atoms with van der Waals surface area (Å²) in [6.07, 6.45) is -3.99. The lowest BCUT2D eigenvalue weighted by Gasteiger charge is -2.12. The predicted octanol–water partition coefficient (Wildman–Crippen LogP) is 4.00. The molecule has 0 aliphatic rings. The van der Waals surface area contributed by atoms with Crippen molar-refractivity contribution in [3.8, 4) is 5.75 Å². The maximum atomic E-state index is 12.6. The summed E-state index contributed by atoms with van der Waals surface area (Å²) >= 11 is 8.93. The third-order valence-corrected chi connectivity index (χ3v) is 5.33. The second-order valence-electron chi connectivity index (χ2n) is 4.77. The fourth-order valence-electron chi connectivity index (χ4n) is 1.85. The van der Waals surface area contributed by atoms with Crippen LogP contribution in [0.5, 0.6) is 5.75 Å². The van der Waals surface area contributed by atoms with Gasteiger partial charge in [0.05, 0.1) is 29.9 Å². The number of halogens is 5. The molecule has 2 rings (SSSR count). The quantitative estimate of drug-likeness (QED) is 0.734. The number of ether oxygens (including phenoxy) is 1. The van der Waals surface area contributed by atoms with Crippen molar-refractivity contribution in [2.24, 2.45) is 0 Å². The van der Waals surface area contributed by atoms with Crippen molar-refractivity contribution in [2.45, 2.75) is 17.6 Å². The molecule has 1 aromatic carbocycles. The van der Waals surface area contributed by atoms with Crippen LogP contribution in [0.25, 0.3) is 0 Å². The summed E-state index contributed by atoms with van der Waals surface area (Å²) in [5, 5.41) is -0.293. The van der Waals surface area contributed by atoms with E-state index in [4.69, 9.17) is 16.3 Å². The number of methoxy groups -OCH3 is 1. The monoisotopic (exact) mass is 458 g/mol. The molecule has 0 fully saturated rings. The first-order chi connectivity index (χ1) is 11.5. The number of hydrogen-bond acceptors (Lipinski definition) is 4. The normalized spacial score (nSPS) is 12.2. The van der Waals surface area contributed by atoms with Crippen molar-refractivity contribution in [1.82, 2.24) is 9.71 Å². The molecule has 0 saturated heterocycles. The van der Waals surface area contributed by atoms with E-state index in [1.54, 1.807) is 6.07 Å². The van der Waals surface area contributed by atoms with Crippen LogP contribution in [0.1, 0.15) is 11.3 Å². The molecule has 25 heavy (non-hydrogen) atoms. The maximum absolute atomic E-state index is 12.6. The first kappa shape index (κ1) is 20.0. The van der Waals surface area contributed by atoms with Crippen molar-refractivity contribution >= 4 is 37.6 Å². The lowest BCUT2D eigenvalue weighted by Crippen LogP contribution is -2.24. The van der Waals surface area contributed by atoms with Gasteiger partial charge in [0.15, 0.2) is 0 Å². The third kappa shape index (κ3) is 4.84. The lowest BCUT2D eigenvalue weighted by molar-refractivity contribution is -0.137. The molecule has 0 aliphatic heterocycles. The molecule has 0 saturated carbocycles. The fourth-order valence-corrected chi connectivity index (χ4v) is 3.78. The molecular weight excluding hydrogens is 449 g/mol. The van der Waals surface area contributed by atoms with Crippen LogP contribution in [0.3, 0.4) is 0 Å². The van der Waals surface area contributed by atoms with Crippen LogP contribution >= 0.6 is 27.5 Å². The van der Waals surface area contributed by atoms with Crippen LogP contribution in [-0.2, 0) is 22.7 Å². The zero-order valence-electron chi connectivity index (χ0n) is 12.6. The molecule has 5 nitrogen and oxygen atoms in total. The Balaban J connectivity index is 2.25. The predicted molar refractivity (Wildman–Crippen MR) is 89.0 cm³/mol. The molecule has 1 heterocycles. The second kappa shape index (κ2) is 7.48. The number of nitrogens with one attached hydrogen (secondary N) is 1. The van der Waals surface area contributed by atoms with Gasteiger partial charge < -0.3 is 4.74 Å². The van der Waals surface area contributed by atoms with Gasteiger partial charge >= 0.3 is 6.18 Å². The molecule has 0 atom stereocenters. The van der Waals surface area contributed by atoms with Crippen LogP contribution < -0.4 is 9.46 Å². The Morgan fingerprint density at radius 1 is 1.32 bits per heavy atom. The Bertz CT molecular complexity index is 891. The van der Waals surface area contributed by atoms with Gasteiger partial charge in [0, 0.05) is 10.7 Å². The van der Waals surface area contributed by atoms with E-state index >= 15 is 0 Å².